The number of rotatable bonds is 4. The molecule has 1 aliphatic rings. The van der Waals surface area contributed by atoms with Gasteiger partial charge in [0.05, 0.1) is 12.6 Å². The zero-order chi connectivity index (χ0) is 16.8. The van der Waals surface area contributed by atoms with Crippen molar-refractivity contribution in [3.63, 3.8) is 0 Å². The zero-order valence-corrected chi connectivity index (χ0v) is 14.5. The lowest BCUT2D eigenvalue weighted by molar-refractivity contribution is -0.127. The zero-order valence-electron chi connectivity index (χ0n) is 13.7. The maximum atomic E-state index is 12.6. The summed E-state index contributed by atoms with van der Waals surface area (Å²) < 4.78 is 5.68. The maximum Gasteiger partial charge on any atom is 0.299 e. The highest BCUT2D eigenvalue weighted by Gasteiger charge is 2.22. The summed E-state index contributed by atoms with van der Waals surface area (Å²) in [7, 11) is 0. The third-order valence-corrected chi connectivity index (χ3v) is 4.77. The molecule has 24 heavy (non-hydrogen) atoms. The molecule has 1 fully saturated rings. The number of ether oxygens (including phenoxy) is 1. The Morgan fingerprint density at radius 3 is 2.92 bits per heavy atom. The third kappa shape index (κ3) is 4.67. The molecular weight excluding hydrogens is 320 g/mol. The molecule has 0 saturated carbocycles. The lowest BCUT2D eigenvalue weighted by atomic mass is 10.2. The van der Waals surface area contributed by atoms with Crippen LogP contribution in [0.1, 0.15) is 29.1 Å². The number of hydrogen-bond donors (Lipinski definition) is 0. The van der Waals surface area contributed by atoms with Gasteiger partial charge in [0.2, 0.25) is 0 Å². The molecule has 0 bridgehead atoms. The van der Waals surface area contributed by atoms with E-state index in [0.717, 1.165) is 35.7 Å². The van der Waals surface area contributed by atoms with E-state index in [2.05, 4.69) is 16.8 Å². The molecule has 0 spiro atoms. The highest BCUT2D eigenvalue weighted by molar-refractivity contribution is 7.09. The Morgan fingerprint density at radius 1 is 1.42 bits per heavy atom. The van der Waals surface area contributed by atoms with Gasteiger partial charge >= 0.3 is 0 Å². The first-order valence-electron chi connectivity index (χ1n) is 8.09. The molecule has 0 radical (unpaired) electrons. The maximum absolute atomic E-state index is 12.6. The largest absolute Gasteiger partial charge is 0.376 e. The monoisotopic (exact) mass is 340 g/mol. The number of carbonyl (C=O) groups is 1. The number of carbonyl (C=O) groups excluding carboxylic acids is 1. The molecule has 1 aromatic heterocycles. The number of nitrogens with zero attached hydrogens (tertiary/aromatic N) is 2. The van der Waals surface area contributed by atoms with E-state index in [0.29, 0.717) is 13.1 Å². The van der Waals surface area contributed by atoms with Gasteiger partial charge in [0, 0.05) is 35.7 Å². The van der Waals surface area contributed by atoms with Gasteiger partial charge in [-0.25, -0.2) is 4.98 Å². The van der Waals surface area contributed by atoms with E-state index in [1.54, 1.807) is 16.2 Å². The second-order valence-corrected chi connectivity index (χ2v) is 6.76. The highest BCUT2D eigenvalue weighted by Crippen LogP contribution is 2.17. The van der Waals surface area contributed by atoms with Crippen LogP contribution in [0.15, 0.2) is 35.7 Å². The number of benzene rings is 1. The fourth-order valence-corrected chi connectivity index (χ4v) is 3.40. The molecule has 1 saturated heterocycles. The minimum Gasteiger partial charge on any atom is -0.376 e. The summed E-state index contributed by atoms with van der Waals surface area (Å²) in [4.78, 5) is 18.8. The number of aromatic nitrogens is 1. The lowest BCUT2D eigenvalue weighted by Gasteiger charge is -2.22. The summed E-state index contributed by atoms with van der Waals surface area (Å²) in [6.07, 6.45) is 2.15. The summed E-state index contributed by atoms with van der Waals surface area (Å²) in [5.41, 5.74) is 1.82. The quantitative estimate of drug-likeness (QED) is 0.804. The third-order valence-electron chi connectivity index (χ3n) is 3.82. The first kappa shape index (κ1) is 16.7. The smallest absolute Gasteiger partial charge is 0.299 e. The van der Waals surface area contributed by atoms with E-state index < -0.39 is 0 Å². The molecule has 0 aliphatic carbocycles. The molecule has 1 amide bonds. The van der Waals surface area contributed by atoms with Crippen molar-refractivity contribution in [1.29, 1.82) is 0 Å². The molecule has 4 nitrogen and oxygen atoms in total. The molecule has 0 unspecified atom stereocenters. The van der Waals surface area contributed by atoms with Crippen molar-refractivity contribution < 1.29 is 9.53 Å². The summed E-state index contributed by atoms with van der Waals surface area (Å²) in [6.45, 7) is 3.79. The van der Waals surface area contributed by atoms with E-state index in [-0.39, 0.29) is 12.0 Å². The standard InChI is InChI=1S/C19H20N2O2S/c1-15-14-24-18(20-15)13-21(12-17-8-5-11-23-17)19(22)10-9-16-6-3-2-4-7-16/h2-4,6-7,14,17H,5,8,11-13H2,1H3/t17-/m0/s1. The van der Waals surface area contributed by atoms with Crippen LogP contribution in [0.4, 0.5) is 0 Å². The Hall–Kier alpha value is -2.16. The Kier molecular flexibility index (Phi) is 5.63. The second-order valence-electron chi connectivity index (χ2n) is 5.82. The molecule has 1 atom stereocenters. The van der Waals surface area contributed by atoms with Gasteiger partial charge in [0.1, 0.15) is 5.01 Å². The molecule has 0 N–H and O–H groups in total. The summed E-state index contributed by atoms with van der Waals surface area (Å²) in [5, 5.41) is 2.93. The topological polar surface area (TPSA) is 42.4 Å². The Bertz CT molecular complexity index is 739. The van der Waals surface area contributed by atoms with Gasteiger partial charge in [-0.3, -0.25) is 4.79 Å². The highest BCUT2D eigenvalue weighted by atomic mass is 32.1. The van der Waals surface area contributed by atoms with Crippen molar-refractivity contribution in [2.24, 2.45) is 0 Å². The van der Waals surface area contributed by atoms with Crippen LogP contribution < -0.4 is 0 Å². The first-order valence-corrected chi connectivity index (χ1v) is 8.97. The summed E-state index contributed by atoms with van der Waals surface area (Å²) in [6, 6.07) is 9.55. The molecule has 5 heteroatoms. The van der Waals surface area contributed by atoms with Crippen molar-refractivity contribution in [3.05, 3.63) is 52.0 Å². The van der Waals surface area contributed by atoms with Crippen LogP contribution in [0, 0.1) is 18.8 Å². The van der Waals surface area contributed by atoms with Gasteiger partial charge in [-0.05, 0) is 31.9 Å². The molecule has 2 heterocycles. The Balaban J connectivity index is 1.72. The van der Waals surface area contributed by atoms with Crippen LogP contribution in [-0.4, -0.2) is 35.0 Å². The SMILES string of the molecule is Cc1csc(CN(C[C@@H]2CCCO2)C(=O)C#Cc2ccccc2)n1. The fraction of sp³-hybridized carbons (Fsp3) is 0.368. The van der Waals surface area contributed by atoms with Gasteiger partial charge in [0.15, 0.2) is 0 Å². The van der Waals surface area contributed by atoms with E-state index in [1.165, 1.54) is 0 Å². The average Bonchev–Trinajstić information content (AvgIpc) is 3.25. The van der Waals surface area contributed by atoms with Crippen molar-refractivity contribution in [3.8, 4) is 11.8 Å². The van der Waals surface area contributed by atoms with Crippen LogP contribution in [0.2, 0.25) is 0 Å². The second kappa shape index (κ2) is 8.09. The van der Waals surface area contributed by atoms with Crippen LogP contribution in [0.5, 0.6) is 0 Å². The summed E-state index contributed by atoms with van der Waals surface area (Å²) in [5.74, 6) is 5.52. The van der Waals surface area contributed by atoms with E-state index in [1.807, 2.05) is 42.6 Å². The van der Waals surface area contributed by atoms with Crippen molar-refractivity contribution >= 4 is 17.2 Å². The van der Waals surface area contributed by atoms with Crippen LogP contribution in [-0.2, 0) is 16.1 Å². The Labute approximate surface area is 146 Å². The number of hydrogen-bond acceptors (Lipinski definition) is 4. The normalized spacial score (nSPS) is 16.5. The predicted octanol–water partition coefficient (Wildman–Crippen LogP) is 3.01. The minimum atomic E-state index is -0.179. The van der Waals surface area contributed by atoms with E-state index >= 15 is 0 Å². The van der Waals surface area contributed by atoms with E-state index in [4.69, 9.17) is 4.74 Å². The first-order chi connectivity index (χ1) is 11.7. The average molecular weight is 340 g/mol. The number of thiazole rings is 1. The van der Waals surface area contributed by atoms with Gasteiger partial charge in [-0.2, -0.15) is 0 Å². The van der Waals surface area contributed by atoms with Crippen LogP contribution in [0.25, 0.3) is 0 Å². The summed E-state index contributed by atoms with van der Waals surface area (Å²) >= 11 is 1.57. The Morgan fingerprint density at radius 2 is 2.25 bits per heavy atom. The number of aryl methyl sites for hydroxylation is 1. The molecule has 124 valence electrons. The van der Waals surface area contributed by atoms with Gasteiger partial charge in [0.25, 0.3) is 5.91 Å². The van der Waals surface area contributed by atoms with Crippen molar-refractivity contribution in [2.45, 2.75) is 32.4 Å². The fourth-order valence-electron chi connectivity index (χ4n) is 2.62. The predicted molar refractivity (Wildman–Crippen MR) is 94.6 cm³/mol. The van der Waals surface area contributed by atoms with Gasteiger partial charge in [-0.15, -0.1) is 11.3 Å². The van der Waals surface area contributed by atoms with Crippen LogP contribution in [0.3, 0.4) is 0 Å². The molecule has 1 aliphatic heterocycles. The molecule has 2 aromatic rings. The minimum absolute atomic E-state index is 0.105. The van der Waals surface area contributed by atoms with Gasteiger partial charge < -0.3 is 9.64 Å². The van der Waals surface area contributed by atoms with E-state index in [9.17, 15) is 4.79 Å². The molecule has 1 aromatic carbocycles. The van der Waals surface area contributed by atoms with Crippen molar-refractivity contribution in [2.75, 3.05) is 13.2 Å². The van der Waals surface area contributed by atoms with Gasteiger partial charge in [-0.1, -0.05) is 24.1 Å². The van der Waals surface area contributed by atoms with Crippen molar-refractivity contribution in [1.82, 2.24) is 9.88 Å². The molecular formula is C19H20N2O2S. The lowest BCUT2D eigenvalue weighted by Crippen LogP contribution is -2.36. The van der Waals surface area contributed by atoms with Crippen LogP contribution >= 0.6 is 11.3 Å². The number of amides is 1. The molecule has 3 rings (SSSR count).